The fourth-order valence-corrected chi connectivity index (χ4v) is 1.86. The molecule has 0 spiro atoms. The molecule has 13 heavy (non-hydrogen) atoms. The van der Waals surface area contributed by atoms with Gasteiger partial charge in [0.15, 0.2) is 0 Å². The molecule has 76 valence electrons. The number of rotatable bonds is 3. The lowest BCUT2D eigenvalue weighted by molar-refractivity contribution is 0.166. The van der Waals surface area contributed by atoms with Crippen molar-refractivity contribution in [1.82, 2.24) is 5.32 Å². The Bertz CT molecular complexity index is 165. The van der Waals surface area contributed by atoms with E-state index in [1.54, 1.807) is 0 Å². The number of primary amides is 1. The third kappa shape index (κ3) is 3.63. The van der Waals surface area contributed by atoms with Crippen LogP contribution < -0.4 is 11.1 Å². The van der Waals surface area contributed by atoms with E-state index in [0.717, 1.165) is 25.7 Å². The first-order chi connectivity index (χ1) is 6.22. The van der Waals surface area contributed by atoms with E-state index in [2.05, 4.69) is 5.32 Å². The molecule has 2 amide bonds. The van der Waals surface area contributed by atoms with Crippen LogP contribution in [-0.4, -0.2) is 24.3 Å². The van der Waals surface area contributed by atoms with E-state index in [4.69, 9.17) is 10.8 Å². The van der Waals surface area contributed by atoms with Gasteiger partial charge in [0, 0.05) is 13.2 Å². The summed E-state index contributed by atoms with van der Waals surface area (Å²) in [5.41, 5.74) is 4.97. The van der Waals surface area contributed by atoms with Crippen molar-refractivity contribution >= 4 is 6.03 Å². The van der Waals surface area contributed by atoms with E-state index in [9.17, 15) is 4.79 Å². The summed E-state index contributed by atoms with van der Waals surface area (Å²) in [5, 5.41) is 11.5. The fraction of sp³-hybridized carbons (Fsp3) is 0.889. The molecule has 0 aromatic rings. The number of aliphatic hydroxyl groups is 1. The van der Waals surface area contributed by atoms with E-state index >= 15 is 0 Å². The van der Waals surface area contributed by atoms with Crippen LogP contribution in [-0.2, 0) is 0 Å². The molecule has 4 N–H and O–H groups in total. The maximum absolute atomic E-state index is 10.4. The van der Waals surface area contributed by atoms with Crippen molar-refractivity contribution < 1.29 is 9.90 Å². The highest BCUT2D eigenvalue weighted by Gasteiger charge is 2.20. The molecule has 4 heteroatoms. The number of nitrogens with one attached hydrogen (secondary N) is 1. The summed E-state index contributed by atoms with van der Waals surface area (Å²) in [6, 6.07) is -0.440. The van der Waals surface area contributed by atoms with Crippen LogP contribution in [0.3, 0.4) is 0 Å². The van der Waals surface area contributed by atoms with Gasteiger partial charge in [0.05, 0.1) is 0 Å². The molecule has 1 fully saturated rings. The van der Waals surface area contributed by atoms with E-state index in [-0.39, 0.29) is 0 Å². The van der Waals surface area contributed by atoms with E-state index in [1.807, 2.05) is 0 Å². The summed E-state index contributed by atoms with van der Waals surface area (Å²) in [6.45, 7) is 0.990. The van der Waals surface area contributed by atoms with Crippen molar-refractivity contribution in [3.8, 4) is 0 Å². The second-order valence-corrected chi connectivity index (χ2v) is 3.81. The van der Waals surface area contributed by atoms with Crippen LogP contribution in [0.15, 0.2) is 0 Å². The van der Waals surface area contributed by atoms with Gasteiger partial charge >= 0.3 is 6.03 Å². The fourth-order valence-electron chi connectivity index (χ4n) is 1.86. The summed E-state index contributed by atoms with van der Waals surface area (Å²) in [6.07, 6.45) is 4.32. The first-order valence-electron chi connectivity index (χ1n) is 4.86. The lowest BCUT2D eigenvalue weighted by Crippen LogP contribution is -2.35. The topological polar surface area (TPSA) is 75.4 Å². The monoisotopic (exact) mass is 186 g/mol. The summed E-state index contributed by atoms with van der Waals surface area (Å²) in [7, 11) is 0. The van der Waals surface area contributed by atoms with E-state index < -0.39 is 6.03 Å². The molecule has 4 nitrogen and oxygen atoms in total. The second-order valence-electron chi connectivity index (χ2n) is 3.81. The van der Waals surface area contributed by atoms with Crippen LogP contribution in [0.25, 0.3) is 0 Å². The normalized spacial score (nSPS) is 28.4. The van der Waals surface area contributed by atoms with Gasteiger partial charge in [-0.05, 0) is 37.5 Å². The number of urea groups is 1. The quantitative estimate of drug-likeness (QED) is 0.598. The van der Waals surface area contributed by atoms with Gasteiger partial charge in [-0.2, -0.15) is 0 Å². The molecule has 1 rings (SSSR count). The predicted molar refractivity (Wildman–Crippen MR) is 50.1 cm³/mol. The minimum Gasteiger partial charge on any atom is -0.396 e. The molecule has 1 aliphatic carbocycles. The molecular formula is C9H18N2O2. The number of hydrogen-bond donors (Lipinski definition) is 3. The summed E-state index contributed by atoms with van der Waals surface area (Å²) in [5.74, 6) is 1.03. The van der Waals surface area contributed by atoms with Gasteiger partial charge < -0.3 is 16.2 Å². The Balaban J connectivity index is 2.14. The molecule has 1 aliphatic rings. The van der Waals surface area contributed by atoms with Gasteiger partial charge in [-0.25, -0.2) is 4.79 Å². The number of hydrogen-bond acceptors (Lipinski definition) is 2. The van der Waals surface area contributed by atoms with Crippen LogP contribution in [0.2, 0.25) is 0 Å². The van der Waals surface area contributed by atoms with Gasteiger partial charge in [0.2, 0.25) is 0 Å². The third-order valence-corrected chi connectivity index (χ3v) is 2.79. The minimum atomic E-state index is -0.440. The molecule has 1 saturated carbocycles. The number of nitrogens with two attached hydrogens (primary N) is 1. The molecule has 0 aromatic carbocycles. The Hall–Kier alpha value is -0.770. The van der Waals surface area contributed by atoms with E-state index in [1.165, 1.54) is 0 Å². The minimum absolute atomic E-state index is 0.302. The highest BCUT2D eigenvalue weighted by molar-refractivity contribution is 5.71. The van der Waals surface area contributed by atoms with Gasteiger partial charge in [-0.15, -0.1) is 0 Å². The van der Waals surface area contributed by atoms with Crippen LogP contribution >= 0.6 is 0 Å². The van der Waals surface area contributed by atoms with Gasteiger partial charge in [-0.3, -0.25) is 0 Å². The second kappa shape index (κ2) is 5.07. The first kappa shape index (κ1) is 10.3. The molecule has 0 radical (unpaired) electrons. The molecule has 0 atom stereocenters. The molecular weight excluding hydrogens is 168 g/mol. The summed E-state index contributed by atoms with van der Waals surface area (Å²) >= 11 is 0. The zero-order chi connectivity index (χ0) is 9.68. The summed E-state index contributed by atoms with van der Waals surface area (Å²) in [4.78, 5) is 10.4. The Morgan fingerprint density at radius 3 is 2.31 bits per heavy atom. The molecule has 0 unspecified atom stereocenters. The van der Waals surface area contributed by atoms with Gasteiger partial charge in [0.25, 0.3) is 0 Å². The lowest BCUT2D eigenvalue weighted by Gasteiger charge is -2.27. The maximum Gasteiger partial charge on any atom is 0.312 e. The number of carbonyl (C=O) groups is 1. The standard InChI is InChI=1S/C9H18N2O2/c10-9(13)11-5-7-1-3-8(6-12)4-2-7/h7-8,12H,1-6H2,(H3,10,11,13). The molecule has 0 heterocycles. The van der Waals surface area contributed by atoms with Crippen LogP contribution in [0.5, 0.6) is 0 Å². The predicted octanol–water partition coefficient (Wildman–Crippen LogP) is 0.453. The van der Waals surface area contributed by atoms with Crippen molar-refractivity contribution in [2.24, 2.45) is 17.6 Å². The number of amides is 2. The molecule has 0 bridgehead atoms. The summed E-state index contributed by atoms with van der Waals surface area (Å²) < 4.78 is 0. The zero-order valence-electron chi connectivity index (χ0n) is 7.83. The third-order valence-electron chi connectivity index (χ3n) is 2.79. The highest BCUT2D eigenvalue weighted by Crippen LogP contribution is 2.27. The smallest absolute Gasteiger partial charge is 0.312 e. The first-order valence-corrected chi connectivity index (χ1v) is 4.86. The Kier molecular flexibility index (Phi) is 4.02. The SMILES string of the molecule is NC(=O)NCC1CCC(CO)CC1. The van der Waals surface area contributed by atoms with Gasteiger partial charge in [-0.1, -0.05) is 0 Å². The molecule has 0 aliphatic heterocycles. The van der Waals surface area contributed by atoms with Crippen molar-refractivity contribution in [3.63, 3.8) is 0 Å². The highest BCUT2D eigenvalue weighted by atomic mass is 16.3. The number of aliphatic hydroxyl groups excluding tert-OH is 1. The Labute approximate surface area is 78.5 Å². The largest absolute Gasteiger partial charge is 0.396 e. The van der Waals surface area contributed by atoms with Gasteiger partial charge in [0.1, 0.15) is 0 Å². The van der Waals surface area contributed by atoms with Crippen LogP contribution in [0, 0.1) is 11.8 Å². The van der Waals surface area contributed by atoms with Crippen LogP contribution in [0.4, 0.5) is 4.79 Å². The number of carbonyl (C=O) groups excluding carboxylic acids is 1. The lowest BCUT2D eigenvalue weighted by atomic mass is 9.82. The van der Waals surface area contributed by atoms with Crippen molar-refractivity contribution in [1.29, 1.82) is 0 Å². The average Bonchev–Trinajstić information content (AvgIpc) is 2.15. The van der Waals surface area contributed by atoms with E-state index in [0.29, 0.717) is 25.0 Å². The Morgan fingerprint density at radius 2 is 1.85 bits per heavy atom. The Morgan fingerprint density at radius 1 is 1.31 bits per heavy atom. The van der Waals surface area contributed by atoms with Crippen molar-refractivity contribution in [2.45, 2.75) is 25.7 Å². The molecule has 0 saturated heterocycles. The maximum atomic E-state index is 10.4. The van der Waals surface area contributed by atoms with Crippen LogP contribution in [0.1, 0.15) is 25.7 Å². The van der Waals surface area contributed by atoms with Crippen molar-refractivity contribution in [3.05, 3.63) is 0 Å². The zero-order valence-corrected chi connectivity index (χ0v) is 7.83. The van der Waals surface area contributed by atoms with Crippen molar-refractivity contribution in [2.75, 3.05) is 13.2 Å². The molecule has 0 aromatic heterocycles. The average molecular weight is 186 g/mol.